The van der Waals surface area contributed by atoms with Crippen molar-refractivity contribution in [1.82, 2.24) is 15.2 Å². The first-order valence-corrected chi connectivity index (χ1v) is 8.69. The Morgan fingerprint density at radius 3 is 2.76 bits per heavy atom. The molecule has 130 valence electrons. The Morgan fingerprint density at radius 2 is 2.04 bits per heavy atom. The van der Waals surface area contributed by atoms with E-state index in [-0.39, 0.29) is 17.7 Å². The normalized spacial score (nSPS) is 17.4. The highest BCUT2D eigenvalue weighted by atomic mass is 35.5. The van der Waals surface area contributed by atoms with Gasteiger partial charge in [-0.25, -0.2) is 0 Å². The van der Waals surface area contributed by atoms with E-state index >= 15 is 0 Å². The summed E-state index contributed by atoms with van der Waals surface area (Å²) in [5.74, 6) is -0.128. The SMILES string of the molecule is O=C(NCc1ccccn1)[C@H]1CCC(=O)N(Cc2ccc(Cl)cc2)C1. The number of amides is 2. The fourth-order valence-corrected chi connectivity index (χ4v) is 3.04. The summed E-state index contributed by atoms with van der Waals surface area (Å²) >= 11 is 5.89. The zero-order valence-electron chi connectivity index (χ0n) is 13.8. The molecule has 2 heterocycles. The molecule has 25 heavy (non-hydrogen) atoms. The van der Waals surface area contributed by atoms with Crippen molar-refractivity contribution in [2.75, 3.05) is 6.54 Å². The molecular weight excluding hydrogens is 338 g/mol. The molecule has 1 saturated heterocycles. The van der Waals surface area contributed by atoms with Crippen LogP contribution in [0.1, 0.15) is 24.1 Å². The largest absolute Gasteiger partial charge is 0.350 e. The minimum absolute atomic E-state index is 0.0285. The average Bonchev–Trinajstić information content (AvgIpc) is 2.64. The lowest BCUT2D eigenvalue weighted by Gasteiger charge is -2.32. The maximum Gasteiger partial charge on any atom is 0.225 e. The molecule has 1 aromatic carbocycles. The molecule has 0 aliphatic carbocycles. The maximum atomic E-state index is 12.4. The predicted molar refractivity (Wildman–Crippen MR) is 95.7 cm³/mol. The van der Waals surface area contributed by atoms with Gasteiger partial charge in [0.2, 0.25) is 11.8 Å². The summed E-state index contributed by atoms with van der Waals surface area (Å²) in [6, 6.07) is 13.0. The maximum absolute atomic E-state index is 12.4. The third-order valence-corrected chi connectivity index (χ3v) is 4.58. The van der Waals surface area contributed by atoms with Crippen molar-refractivity contribution in [1.29, 1.82) is 0 Å². The van der Waals surface area contributed by atoms with Gasteiger partial charge in [-0.05, 0) is 36.2 Å². The van der Waals surface area contributed by atoms with Gasteiger partial charge in [0, 0.05) is 30.7 Å². The molecule has 0 bridgehead atoms. The van der Waals surface area contributed by atoms with E-state index in [9.17, 15) is 9.59 Å². The summed E-state index contributed by atoms with van der Waals surface area (Å²) in [5.41, 5.74) is 1.83. The Labute approximate surface area is 152 Å². The van der Waals surface area contributed by atoms with Crippen LogP contribution in [0.5, 0.6) is 0 Å². The van der Waals surface area contributed by atoms with Crippen LogP contribution in [0.3, 0.4) is 0 Å². The third kappa shape index (κ3) is 4.79. The van der Waals surface area contributed by atoms with E-state index in [1.165, 1.54) is 0 Å². The van der Waals surface area contributed by atoms with Crippen LogP contribution in [-0.4, -0.2) is 28.2 Å². The Morgan fingerprint density at radius 1 is 1.24 bits per heavy atom. The van der Waals surface area contributed by atoms with Crippen molar-refractivity contribution < 1.29 is 9.59 Å². The quantitative estimate of drug-likeness (QED) is 0.895. The molecule has 3 rings (SSSR count). The van der Waals surface area contributed by atoms with Crippen molar-refractivity contribution in [3.8, 4) is 0 Å². The van der Waals surface area contributed by atoms with E-state index in [1.807, 2.05) is 42.5 Å². The lowest BCUT2D eigenvalue weighted by molar-refractivity contribution is -0.139. The van der Waals surface area contributed by atoms with Gasteiger partial charge in [-0.3, -0.25) is 14.6 Å². The van der Waals surface area contributed by atoms with Crippen LogP contribution < -0.4 is 5.32 Å². The molecule has 2 amide bonds. The van der Waals surface area contributed by atoms with Gasteiger partial charge in [0.1, 0.15) is 0 Å². The van der Waals surface area contributed by atoms with Gasteiger partial charge in [0.25, 0.3) is 0 Å². The lowest BCUT2D eigenvalue weighted by atomic mass is 9.96. The van der Waals surface area contributed by atoms with Gasteiger partial charge in [0.05, 0.1) is 18.2 Å². The second kappa shape index (κ2) is 8.12. The number of likely N-dealkylation sites (tertiary alicyclic amines) is 1. The number of halogens is 1. The summed E-state index contributed by atoms with van der Waals surface area (Å²) < 4.78 is 0. The van der Waals surface area contributed by atoms with Gasteiger partial charge >= 0.3 is 0 Å². The van der Waals surface area contributed by atoms with Crippen molar-refractivity contribution in [2.45, 2.75) is 25.9 Å². The van der Waals surface area contributed by atoms with E-state index in [1.54, 1.807) is 11.1 Å². The standard InChI is InChI=1S/C19H20ClN3O2/c20-16-7-4-14(5-8-16)12-23-13-15(6-9-18(23)24)19(25)22-11-17-3-1-2-10-21-17/h1-5,7-8,10,15H,6,9,11-13H2,(H,22,25)/t15-/m0/s1. The number of aromatic nitrogens is 1. The average molecular weight is 358 g/mol. The minimum Gasteiger partial charge on any atom is -0.350 e. The molecule has 1 atom stereocenters. The molecule has 1 aromatic heterocycles. The topological polar surface area (TPSA) is 62.3 Å². The number of rotatable bonds is 5. The fraction of sp³-hybridized carbons (Fsp3) is 0.316. The Balaban J connectivity index is 1.56. The second-order valence-corrected chi connectivity index (χ2v) is 6.61. The number of carbonyl (C=O) groups excluding carboxylic acids is 2. The van der Waals surface area contributed by atoms with Gasteiger partial charge in [-0.1, -0.05) is 29.8 Å². The number of carbonyl (C=O) groups is 2. The molecule has 0 radical (unpaired) electrons. The Bertz CT molecular complexity index is 734. The summed E-state index contributed by atoms with van der Waals surface area (Å²) in [6.07, 6.45) is 2.69. The fourth-order valence-electron chi connectivity index (χ4n) is 2.92. The monoisotopic (exact) mass is 357 g/mol. The highest BCUT2D eigenvalue weighted by Crippen LogP contribution is 2.21. The van der Waals surface area contributed by atoms with Crippen LogP contribution in [0.4, 0.5) is 0 Å². The summed E-state index contributed by atoms with van der Waals surface area (Å²) in [6.45, 7) is 1.34. The molecule has 0 unspecified atom stereocenters. The molecule has 5 nitrogen and oxygen atoms in total. The summed E-state index contributed by atoms with van der Waals surface area (Å²) in [5, 5.41) is 3.59. The van der Waals surface area contributed by atoms with E-state index in [2.05, 4.69) is 10.3 Å². The first kappa shape index (κ1) is 17.4. The lowest BCUT2D eigenvalue weighted by Crippen LogP contribution is -2.45. The highest BCUT2D eigenvalue weighted by molar-refractivity contribution is 6.30. The molecule has 1 N–H and O–H groups in total. The van der Waals surface area contributed by atoms with Gasteiger partial charge in [-0.15, -0.1) is 0 Å². The Kier molecular flexibility index (Phi) is 5.66. The molecule has 2 aromatic rings. The minimum atomic E-state index is -0.186. The first-order chi connectivity index (χ1) is 12.1. The van der Waals surface area contributed by atoms with E-state index in [4.69, 9.17) is 11.6 Å². The van der Waals surface area contributed by atoms with Crippen molar-refractivity contribution in [3.05, 3.63) is 64.9 Å². The van der Waals surface area contributed by atoms with Crippen LogP contribution in [0.25, 0.3) is 0 Å². The molecule has 0 spiro atoms. The van der Waals surface area contributed by atoms with Gasteiger partial charge in [0.15, 0.2) is 0 Å². The summed E-state index contributed by atoms with van der Waals surface area (Å²) in [4.78, 5) is 30.5. The zero-order valence-corrected chi connectivity index (χ0v) is 14.6. The number of pyridine rings is 1. The van der Waals surface area contributed by atoms with Crippen LogP contribution >= 0.6 is 11.6 Å². The smallest absolute Gasteiger partial charge is 0.225 e. The van der Waals surface area contributed by atoms with Crippen LogP contribution in [-0.2, 0) is 22.7 Å². The molecule has 1 fully saturated rings. The number of nitrogens with zero attached hydrogens (tertiary/aromatic N) is 2. The van der Waals surface area contributed by atoms with E-state index in [0.29, 0.717) is 37.5 Å². The molecular formula is C19H20ClN3O2. The van der Waals surface area contributed by atoms with Gasteiger partial charge in [-0.2, -0.15) is 0 Å². The molecule has 1 aliphatic rings. The third-order valence-electron chi connectivity index (χ3n) is 4.33. The number of piperidine rings is 1. The molecule has 6 heteroatoms. The highest BCUT2D eigenvalue weighted by Gasteiger charge is 2.30. The van der Waals surface area contributed by atoms with E-state index < -0.39 is 0 Å². The first-order valence-electron chi connectivity index (χ1n) is 8.31. The van der Waals surface area contributed by atoms with Crippen LogP contribution in [0.15, 0.2) is 48.7 Å². The second-order valence-electron chi connectivity index (χ2n) is 6.18. The van der Waals surface area contributed by atoms with Crippen molar-refractivity contribution in [3.63, 3.8) is 0 Å². The molecule has 1 aliphatic heterocycles. The van der Waals surface area contributed by atoms with Crippen molar-refractivity contribution in [2.24, 2.45) is 5.92 Å². The van der Waals surface area contributed by atoms with Crippen molar-refractivity contribution >= 4 is 23.4 Å². The van der Waals surface area contributed by atoms with Crippen LogP contribution in [0, 0.1) is 5.92 Å². The Hall–Kier alpha value is -2.40. The van der Waals surface area contributed by atoms with Gasteiger partial charge < -0.3 is 10.2 Å². The number of nitrogens with one attached hydrogen (secondary N) is 1. The predicted octanol–water partition coefficient (Wildman–Crippen LogP) is 2.79. The van der Waals surface area contributed by atoms with E-state index in [0.717, 1.165) is 11.3 Å². The molecule has 0 saturated carbocycles. The number of hydrogen-bond donors (Lipinski definition) is 1. The number of hydrogen-bond acceptors (Lipinski definition) is 3. The van der Waals surface area contributed by atoms with Crippen LogP contribution in [0.2, 0.25) is 5.02 Å². The summed E-state index contributed by atoms with van der Waals surface area (Å²) in [7, 11) is 0. The number of benzene rings is 1. The zero-order chi connectivity index (χ0) is 17.6.